The molecular formula is C36H47N9O2. The van der Waals surface area contributed by atoms with Crippen molar-refractivity contribution in [1.29, 1.82) is 0 Å². The fourth-order valence-electron chi connectivity index (χ4n) is 7.08. The second-order valence-corrected chi connectivity index (χ2v) is 13.0. The van der Waals surface area contributed by atoms with Gasteiger partial charge in [-0.1, -0.05) is 18.2 Å². The van der Waals surface area contributed by atoms with Crippen LogP contribution >= 0.6 is 0 Å². The molecule has 0 radical (unpaired) electrons. The number of rotatable bonds is 12. The lowest BCUT2D eigenvalue weighted by molar-refractivity contribution is -0.126. The van der Waals surface area contributed by atoms with E-state index in [0.29, 0.717) is 19.5 Å². The first-order valence-electron chi connectivity index (χ1n) is 16.9. The minimum atomic E-state index is -0.218. The number of amides is 2. The number of hydrogen-bond donors (Lipinski definition) is 5. The van der Waals surface area contributed by atoms with Crippen LogP contribution in [0.15, 0.2) is 61.1 Å². The minimum Gasteiger partial charge on any atom is -0.369 e. The van der Waals surface area contributed by atoms with Gasteiger partial charge in [0.1, 0.15) is 11.6 Å². The number of pyridine rings is 2. The zero-order valence-corrected chi connectivity index (χ0v) is 27.3. The Morgan fingerprint density at radius 1 is 0.915 bits per heavy atom. The summed E-state index contributed by atoms with van der Waals surface area (Å²) in [6.45, 7) is 6.94. The summed E-state index contributed by atoms with van der Waals surface area (Å²) in [6, 6.07) is 14.5. The van der Waals surface area contributed by atoms with E-state index >= 15 is 0 Å². The predicted molar refractivity (Wildman–Crippen MR) is 186 cm³/mol. The number of benzene rings is 1. The lowest BCUT2D eigenvalue weighted by atomic mass is 9.94. The molecule has 0 bridgehead atoms. The molecule has 4 aromatic rings. The second-order valence-electron chi connectivity index (χ2n) is 13.0. The Morgan fingerprint density at radius 2 is 1.60 bits per heavy atom. The van der Waals surface area contributed by atoms with Crippen molar-refractivity contribution >= 4 is 34.4 Å². The van der Waals surface area contributed by atoms with Gasteiger partial charge >= 0.3 is 0 Å². The van der Waals surface area contributed by atoms with Gasteiger partial charge in [-0.05, 0) is 74.4 Å². The quantitative estimate of drug-likeness (QED) is 0.158. The lowest BCUT2D eigenvalue weighted by Crippen LogP contribution is -2.44. The minimum absolute atomic E-state index is 0.0215. The summed E-state index contributed by atoms with van der Waals surface area (Å²) < 4.78 is 0. The summed E-state index contributed by atoms with van der Waals surface area (Å²) in [6.07, 6.45) is 9.43. The summed E-state index contributed by atoms with van der Waals surface area (Å²) in [5.41, 5.74) is 17.1. The first-order chi connectivity index (χ1) is 22.9. The van der Waals surface area contributed by atoms with Crippen molar-refractivity contribution < 1.29 is 9.59 Å². The Morgan fingerprint density at radius 3 is 2.32 bits per heavy atom. The van der Waals surface area contributed by atoms with Crippen molar-refractivity contribution in [3.8, 4) is 0 Å². The number of primary amides is 1. The molecule has 0 spiro atoms. The predicted octanol–water partition coefficient (Wildman–Crippen LogP) is 3.37. The number of aromatic nitrogens is 3. The molecule has 2 aliphatic rings. The summed E-state index contributed by atoms with van der Waals surface area (Å²) in [5.74, 6) is 1.67. The highest BCUT2D eigenvalue weighted by molar-refractivity contribution is 5.83. The van der Waals surface area contributed by atoms with Gasteiger partial charge in [0.25, 0.3) is 0 Å². The van der Waals surface area contributed by atoms with E-state index in [1.165, 1.54) is 10.9 Å². The van der Waals surface area contributed by atoms with Crippen LogP contribution in [0.1, 0.15) is 54.9 Å². The van der Waals surface area contributed by atoms with Crippen LogP contribution < -0.4 is 31.9 Å². The summed E-state index contributed by atoms with van der Waals surface area (Å²) in [7, 11) is 0. The maximum absolute atomic E-state index is 13.3. The topological polar surface area (TPSA) is 158 Å². The van der Waals surface area contributed by atoms with Crippen LogP contribution in [-0.4, -0.2) is 59.0 Å². The van der Waals surface area contributed by atoms with Crippen molar-refractivity contribution in [2.24, 2.45) is 23.3 Å². The van der Waals surface area contributed by atoms with Gasteiger partial charge in [-0.2, -0.15) is 0 Å². The molecule has 6 rings (SSSR count). The summed E-state index contributed by atoms with van der Waals surface area (Å²) >= 11 is 0. The van der Waals surface area contributed by atoms with Gasteiger partial charge in [-0.15, -0.1) is 0 Å². The van der Waals surface area contributed by atoms with Gasteiger partial charge in [0.05, 0.1) is 0 Å². The van der Waals surface area contributed by atoms with Crippen molar-refractivity contribution in [3.63, 3.8) is 0 Å². The van der Waals surface area contributed by atoms with Crippen LogP contribution in [0.4, 0.5) is 11.6 Å². The van der Waals surface area contributed by atoms with E-state index in [4.69, 9.17) is 16.5 Å². The number of nitrogens with zero attached hydrogens (tertiary/aromatic N) is 4. The van der Waals surface area contributed by atoms with Gasteiger partial charge < -0.3 is 36.9 Å². The average Bonchev–Trinajstić information content (AvgIpc) is 3.58. The molecule has 1 unspecified atom stereocenters. The number of carbonyl (C=O) groups is 2. The first kappa shape index (κ1) is 32.5. The number of aromatic amines is 1. The summed E-state index contributed by atoms with van der Waals surface area (Å²) in [4.78, 5) is 42.4. The molecule has 47 heavy (non-hydrogen) atoms. The Hall–Kier alpha value is -4.48. The van der Waals surface area contributed by atoms with Crippen molar-refractivity contribution in [1.82, 2.24) is 25.6 Å². The fraction of sp³-hybridized carbons (Fsp3) is 0.444. The van der Waals surface area contributed by atoms with Crippen LogP contribution in [0.25, 0.3) is 10.9 Å². The monoisotopic (exact) mass is 637 g/mol. The first-order valence-corrected chi connectivity index (χ1v) is 16.9. The maximum Gasteiger partial charge on any atom is 0.223 e. The molecule has 11 heteroatoms. The van der Waals surface area contributed by atoms with Crippen LogP contribution in [0, 0.1) is 11.8 Å². The van der Waals surface area contributed by atoms with Crippen LogP contribution in [0.5, 0.6) is 0 Å². The van der Waals surface area contributed by atoms with Crippen LogP contribution in [0.3, 0.4) is 0 Å². The zero-order chi connectivity index (χ0) is 32.8. The number of carbonyl (C=O) groups excluding carboxylic acids is 2. The molecule has 2 saturated heterocycles. The molecule has 0 saturated carbocycles. The molecule has 5 heterocycles. The number of H-pyrrole nitrogens is 1. The average molecular weight is 638 g/mol. The lowest BCUT2D eigenvalue weighted by Gasteiger charge is -2.33. The molecule has 248 valence electrons. The maximum atomic E-state index is 13.3. The smallest absolute Gasteiger partial charge is 0.223 e. The van der Waals surface area contributed by atoms with Crippen LogP contribution in [-0.2, 0) is 35.6 Å². The molecule has 1 atom stereocenters. The van der Waals surface area contributed by atoms with Crippen molar-refractivity contribution in [3.05, 3.63) is 83.3 Å². The molecule has 2 amide bonds. The van der Waals surface area contributed by atoms with E-state index in [0.717, 1.165) is 92.2 Å². The van der Waals surface area contributed by atoms with Gasteiger partial charge in [0.15, 0.2) is 0 Å². The van der Waals surface area contributed by atoms with Crippen molar-refractivity contribution in [2.45, 2.75) is 64.7 Å². The van der Waals surface area contributed by atoms with E-state index in [-0.39, 0.29) is 29.7 Å². The Labute approximate surface area is 276 Å². The second kappa shape index (κ2) is 15.0. The van der Waals surface area contributed by atoms with Crippen LogP contribution in [0.2, 0.25) is 0 Å². The molecule has 0 aliphatic carbocycles. The molecule has 2 aliphatic heterocycles. The normalized spacial score (nSPS) is 16.8. The number of nitrogens with two attached hydrogens (primary N) is 2. The molecule has 3 aromatic heterocycles. The standard InChI is InChI=1S/C36H47N9O2/c1-24(43-36(47)27-10-16-44(17-11-27)34-28(20-37)5-3-12-41-34)18-25-19-30(23-39-22-29-4-2-6-32-31(29)7-13-40-32)35(42-21-25)45-14-8-26(9-15-45)33(38)46/h2-7,12-13,19,21,24,26-27,39-40H,8-11,14-18,20,22-23,37H2,1H3,(H2,38,46)(H,43,47). The number of piperidine rings is 2. The number of nitrogens with one attached hydrogen (secondary N) is 3. The summed E-state index contributed by atoms with van der Waals surface area (Å²) in [5, 5.41) is 8.13. The third-order valence-corrected chi connectivity index (χ3v) is 9.70. The Bertz CT molecular complexity index is 1670. The van der Waals surface area contributed by atoms with E-state index < -0.39 is 0 Å². The van der Waals surface area contributed by atoms with Gasteiger partial charge in [0.2, 0.25) is 11.8 Å². The highest BCUT2D eigenvalue weighted by Gasteiger charge is 2.28. The zero-order valence-electron chi connectivity index (χ0n) is 27.3. The molecule has 11 nitrogen and oxygen atoms in total. The third-order valence-electron chi connectivity index (χ3n) is 9.70. The van der Waals surface area contributed by atoms with Crippen molar-refractivity contribution in [2.75, 3.05) is 36.0 Å². The SMILES string of the molecule is CC(Cc1cnc(N2CCC(C(N)=O)CC2)c(CNCc2cccc3[nH]ccc23)c1)NC(=O)C1CCN(c2ncccc2CN)CC1. The fourth-order valence-corrected chi connectivity index (χ4v) is 7.08. The molecule has 2 fully saturated rings. The van der Waals surface area contributed by atoms with Gasteiger partial charge in [-0.25, -0.2) is 9.97 Å². The largest absolute Gasteiger partial charge is 0.369 e. The van der Waals surface area contributed by atoms with Gasteiger partial charge in [-0.3, -0.25) is 9.59 Å². The molecular weight excluding hydrogens is 590 g/mol. The number of hydrogen-bond acceptors (Lipinski definition) is 8. The van der Waals surface area contributed by atoms with E-state index in [1.807, 2.05) is 24.5 Å². The van der Waals surface area contributed by atoms with Gasteiger partial charge in [0, 0.05) is 104 Å². The number of fused-ring (bicyclic) bond motifs is 1. The Balaban J connectivity index is 1.08. The van der Waals surface area contributed by atoms with E-state index in [2.05, 4.69) is 67.7 Å². The molecule has 1 aromatic carbocycles. The number of anilines is 2. The highest BCUT2D eigenvalue weighted by Crippen LogP contribution is 2.27. The molecule has 7 N–H and O–H groups in total. The highest BCUT2D eigenvalue weighted by atomic mass is 16.2. The Kier molecular flexibility index (Phi) is 10.3. The van der Waals surface area contributed by atoms with E-state index in [1.54, 1.807) is 6.20 Å². The third kappa shape index (κ3) is 7.74. The van der Waals surface area contributed by atoms with E-state index in [9.17, 15) is 9.59 Å².